The number of nitrogens with one attached hydrogen (secondary N) is 1. The Balaban J connectivity index is 2.76. The summed E-state index contributed by atoms with van der Waals surface area (Å²) < 4.78 is 0. The Morgan fingerprint density at radius 3 is 2.61 bits per heavy atom. The molecule has 5 N–H and O–H groups in total. The molecular formula is C12H21N5O. The van der Waals surface area contributed by atoms with Crippen LogP contribution in [0.3, 0.4) is 0 Å². The molecule has 6 nitrogen and oxygen atoms in total. The Hall–Kier alpha value is -1.98. The zero-order chi connectivity index (χ0) is 13.7. The van der Waals surface area contributed by atoms with Crippen molar-refractivity contribution in [3.05, 3.63) is 12.1 Å². The Labute approximate surface area is 107 Å². The molecule has 0 spiro atoms. The summed E-state index contributed by atoms with van der Waals surface area (Å²) in [6.45, 7) is 6.73. The number of aromatic nitrogens is 1. The molecule has 1 amide bonds. The first-order valence-electron chi connectivity index (χ1n) is 6.00. The Morgan fingerprint density at radius 1 is 1.44 bits per heavy atom. The Morgan fingerprint density at radius 2 is 2.11 bits per heavy atom. The van der Waals surface area contributed by atoms with Crippen molar-refractivity contribution in [2.24, 2.45) is 0 Å². The van der Waals surface area contributed by atoms with Gasteiger partial charge in [0.25, 0.3) is 0 Å². The quantitative estimate of drug-likeness (QED) is 0.712. The van der Waals surface area contributed by atoms with Crippen LogP contribution < -0.4 is 21.7 Å². The highest BCUT2D eigenvalue weighted by atomic mass is 16.2. The number of likely N-dealkylation sites (N-methyl/N-ethyl adjacent to an activating group) is 1. The monoisotopic (exact) mass is 251 g/mol. The first-order chi connectivity index (χ1) is 8.43. The van der Waals surface area contributed by atoms with Crippen LogP contribution in [0.5, 0.6) is 0 Å². The summed E-state index contributed by atoms with van der Waals surface area (Å²) >= 11 is 0. The minimum atomic E-state index is -0.0379. The van der Waals surface area contributed by atoms with Gasteiger partial charge in [-0.15, -0.1) is 0 Å². The van der Waals surface area contributed by atoms with E-state index in [-0.39, 0.29) is 24.3 Å². The highest BCUT2D eigenvalue weighted by Gasteiger charge is 2.12. The van der Waals surface area contributed by atoms with E-state index in [1.165, 1.54) is 0 Å². The zero-order valence-electron chi connectivity index (χ0n) is 11.1. The summed E-state index contributed by atoms with van der Waals surface area (Å²) in [5.41, 5.74) is 11.7. The third-order valence-corrected chi connectivity index (χ3v) is 2.43. The summed E-state index contributed by atoms with van der Waals surface area (Å²) in [7, 11) is 0. The number of carbonyl (C=O) groups excluding carboxylic acids is 1. The van der Waals surface area contributed by atoms with E-state index in [0.29, 0.717) is 18.1 Å². The molecule has 0 aromatic carbocycles. The van der Waals surface area contributed by atoms with Gasteiger partial charge in [0.15, 0.2) is 0 Å². The summed E-state index contributed by atoms with van der Waals surface area (Å²) in [6, 6.07) is 3.58. The average Bonchev–Trinajstić information content (AvgIpc) is 2.29. The van der Waals surface area contributed by atoms with Gasteiger partial charge < -0.3 is 21.7 Å². The number of pyridine rings is 1. The summed E-state index contributed by atoms with van der Waals surface area (Å²) in [4.78, 5) is 17.7. The number of anilines is 3. The van der Waals surface area contributed by atoms with Crippen LogP contribution in [0.4, 0.5) is 17.3 Å². The molecule has 0 radical (unpaired) electrons. The third kappa shape index (κ3) is 3.80. The molecule has 1 rings (SSSR count). The molecule has 0 aliphatic heterocycles. The molecule has 0 saturated carbocycles. The number of nitrogens with two attached hydrogens (primary N) is 2. The molecule has 0 bridgehead atoms. The molecule has 0 aliphatic rings. The van der Waals surface area contributed by atoms with E-state index in [4.69, 9.17) is 11.5 Å². The predicted octanol–water partition coefficient (Wildman–Crippen LogP) is 0.597. The van der Waals surface area contributed by atoms with Gasteiger partial charge in [0.05, 0.1) is 12.2 Å². The highest BCUT2D eigenvalue weighted by Crippen LogP contribution is 2.17. The first-order valence-corrected chi connectivity index (χ1v) is 6.00. The lowest BCUT2D eigenvalue weighted by Crippen LogP contribution is -2.40. The fourth-order valence-corrected chi connectivity index (χ4v) is 1.55. The SMILES string of the molecule is CCN(CC(=O)NC(C)C)c1ccc(N)c(N)n1. The van der Waals surface area contributed by atoms with Crippen molar-refractivity contribution in [2.45, 2.75) is 26.8 Å². The van der Waals surface area contributed by atoms with Crippen molar-refractivity contribution in [1.29, 1.82) is 0 Å². The van der Waals surface area contributed by atoms with Crippen molar-refractivity contribution in [2.75, 3.05) is 29.5 Å². The van der Waals surface area contributed by atoms with Crippen LogP contribution in [-0.2, 0) is 4.79 Å². The van der Waals surface area contributed by atoms with Crippen LogP contribution in [0, 0.1) is 0 Å². The lowest BCUT2D eigenvalue weighted by molar-refractivity contribution is -0.120. The normalized spacial score (nSPS) is 10.4. The van der Waals surface area contributed by atoms with Gasteiger partial charge in [-0.05, 0) is 32.9 Å². The van der Waals surface area contributed by atoms with Gasteiger partial charge in [0.1, 0.15) is 11.6 Å². The fraction of sp³-hybridized carbons (Fsp3) is 0.500. The lowest BCUT2D eigenvalue weighted by Gasteiger charge is -2.22. The standard InChI is InChI=1S/C12H21N5O/c1-4-17(7-11(18)15-8(2)3)10-6-5-9(13)12(14)16-10/h5-6,8H,4,7,13H2,1-3H3,(H2,14,16)(H,15,18). The number of carbonyl (C=O) groups is 1. The summed E-state index contributed by atoms with van der Waals surface area (Å²) in [6.07, 6.45) is 0. The second-order valence-electron chi connectivity index (χ2n) is 4.38. The van der Waals surface area contributed by atoms with Crippen molar-refractivity contribution in [1.82, 2.24) is 10.3 Å². The minimum Gasteiger partial charge on any atom is -0.396 e. The van der Waals surface area contributed by atoms with Gasteiger partial charge in [-0.2, -0.15) is 0 Å². The van der Waals surface area contributed by atoms with Crippen LogP contribution in [0.1, 0.15) is 20.8 Å². The second-order valence-corrected chi connectivity index (χ2v) is 4.38. The Kier molecular flexibility index (Phi) is 4.76. The van der Waals surface area contributed by atoms with Gasteiger partial charge >= 0.3 is 0 Å². The third-order valence-electron chi connectivity index (χ3n) is 2.43. The van der Waals surface area contributed by atoms with Crippen LogP contribution in [0.25, 0.3) is 0 Å². The van der Waals surface area contributed by atoms with Crippen LogP contribution in [-0.4, -0.2) is 30.0 Å². The zero-order valence-corrected chi connectivity index (χ0v) is 11.1. The van der Waals surface area contributed by atoms with Crippen molar-refractivity contribution in [3.63, 3.8) is 0 Å². The van der Waals surface area contributed by atoms with Crippen molar-refractivity contribution >= 4 is 23.2 Å². The maximum Gasteiger partial charge on any atom is 0.239 e. The van der Waals surface area contributed by atoms with Gasteiger partial charge in [0.2, 0.25) is 5.91 Å². The van der Waals surface area contributed by atoms with E-state index in [9.17, 15) is 4.79 Å². The minimum absolute atomic E-state index is 0.0379. The predicted molar refractivity (Wildman–Crippen MR) is 74.2 cm³/mol. The van der Waals surface area contributed by atoms with Crippen molar-refractivity contribution in [3.8, 4) is 0 Å². The second kappa shape index (κ2) is 6.09. The fourth-order valence-electron chi connectivity index (χ4n) is 1.55. The molecule has 1 aromatic rings. The van der Waals surface area contributed by atoms with Gasteiger partial charge in [-0.1, -0.05) is 0 Å². The van der Waals surface area contributed by atoms with Crippen molar-refractivity contribution < 1.29 is 4.79 Å². The van der Waals surface area contributed by atoms with Crippen LogP contribution in [0.2, 0.25) is 0 Å². The van der Waals surface area contributed by atoms with Gasteiger partial charge in [0, 0.05) is 12.6 Å². The molecule has 18 heavy (non-hydrogen) atoms. The topological polar surface area (TPSA) is 97.3 Å². The van der Waals surface area contributed by atoms with E-state index in [2.05, 4.69) is 10.3 Å². The number of nitrogen functional groups attached to an aromatic ring is 2. The molecule has 1 heterocycles. The molecule has 6 heteroatoms. The molecule has 1 aromatic heterocycles. The highest BCUT2D eigenvalue weighted by molar-refractivity contribution is 5.81. The molecule has 100 valence electrons. The number of hydrogen-bond acceptors (Lipinski definition) is 5. The summed E-state index contributed by atoms with van der Waals surface area (Å²) in [5, 5.41) is 2.84. The first kappa shape index (κ1) is 14.1. The maximum absolute atomic E-state index is 11.7. The molecule has 0 unspecified atom stereocenters. The van der Waals surface area contributed by atoms with Crippen LogP contribution in [0.15, 0.2) is 12.1 Å². The molecule has 0 atom stereocenters. The number of hydrogen-bond donors (Lipinski definition) is 3. The van der Waals surface area contributed by atoms with Gasteiger partial charge in [-0.25, -0.2) is 4.98 Å². The summed E-state index contributed by atoms with van der Waals surface area (Å²) in [5.74, 6) is 0.905. The molecule has 0 aliphatic carbocycles. The maximum atomic E-state index is 11.7. The lowest BCUT2D eigenvalue weighted by atomic mass is 10.3. The molecule has 0 fully saturated rings. The van der Waals surface area contributed by atoms with E-state index in [0.717, 1.165) is 0 Å². The number of nitrogens with zero attached hydrogens (tertiary/aromatic N) is 2. The van der Waals surface area contributed by atoms with E-state index in [1.54, 1.807) is 12.1 Å². The van der Waals surface area contributed by atoms with E-state index in [1.807, 2.05) is 25.7 Å². The number of rotatable bonds is 5. The average molecular weight is 251 g/mol. The van der Waals surface area contributed by atoms with E-state index >= 15 is 0 Å². The Bertz CT molecular complexity index is 419. The number of amides is 1. The van der Waals surface area contributed by atoms with E-state index < -0.39 is 0 Å². The smallest absolute Gasteiger partial charge is 0.239 e. The van der Waals surface area contributed by atoms with Gasteiger partial charge in [-0.3, -0.25) is 4.79 Å². The van der Waals surface area contributed by atoms with Crippen LogP contribution >= 0.6 is 0 Å². The molecular weight excluding hydrogens is 230 g/mol. The molecule has 0 saturated heterocycles. The largest absolute Gasteiger partial charge is 0.396 e.